The van der Waals surface area contributed by atoms with Crippen LogP contribution >= 0.6 is 0 Å². The van der Waals surface area contributed by atoms with Crippen LogP contribution in [0.25, 0.3) is 0 Å². The molecule has 1 aromatic rings. The first-order valence-corrected chi connectivity index (χ1v) is 7.13. The Kier molecular flexibility index (Phi) is 4.46. The number of alkyl halides is 1. The first kappa shape index (κ1) is 15.3. The van der Waals surface area contributed by atoms with Gasteiger partial charge in [-0.2, -0.15) is 0 Å². The highest BCUT2D eigenvalue weighted by Crippen LogP contribution is 2.27. The second-order valence-corrected chi connectivity index (χ2v) is 5.59. The third-order valence-electron chi connectivity index (χ3n) is 3.89. The molecule has 2 N–H and O–H groups in total. The molecule has 1 heterocycles. The molecule has 0 aliphatic heterocycles. The lowest BCUT2D eigenvalue weighted by molar-refractivity contribution is 0.0924. The average molecular weight is 289 g/mol. The van der Waals surface area contributed by atoms with Crippen molar-refractivity contribution in [3.8, 4) is 12.3 Å². The van der Waals surface area contributed by atoms with Gasteiger partial charge in [-0.3, -0.25) is 4.79 Å². The molecule has 21 heavy (non-hydrogen) atoms. The molecule has 1 aromatic heterocycles. The molecule has 0 radical (unpaired) electrons. The molecule has 1 saturated carbocycles. The van der Waals surface area contributed by atoms with E-state index < -0.39 is 11.7 Å². The van der Waals surface area contributed by atoms with E-state index in [4.69, 9.17) is 6.42 Å². The molecule has 5 heteroatoms. The van der Waals surface area contributed by atoms with Crippen molar-refractivity contribution in [3.63, 3.8) is 0 Å². The fourth-order valence-corrected chi connectivity index (χ4v) is 2.11. The topological polar surface area (TPSA) is 54.0 Å². The van der Waals surface area contributed by atoms with Gasteiger partial charge in [0.05, 0.1) is 11.1 Å². The van der Waals surface area contributed by atoms with Gasteiger partial charge in [0.2, 0.25) is 0 Å². The number of aromatic nitrogens is 1. The molecule has 112 valence electrons. The molecule has 1 fully saturated rings. The third kappa shape index (κ3) is 3.52. The SMILES string of the molecule is C#CC(C)(CC)NC(=O)c1cccnc1NC1CC(F)C1. The quantitative estimate of drug-likeness (QED) is 0.819. The van der Waals surface area contributed by atoms with Gasteiger partial charge in [-0.15, -0.1) is 6.42 Å². The summed E-state index contributed by atoms with van der Waals surface area (Å²) in [7, 11) is 0. The van der Waals surface area contributed by atoms with Crippen molar-refractivity contribution in [2.45, 2.75) is 50.9 Å². The number of hydrogen-bond acceptors (Lipinski definition) is 3. The number of anilines is 1. The van der Waals surface area contributed by atoms with Gasteiger partial charge in [-0.1, -0.05) is 12.8 Å². The standard InChI is InChI=1S/C16H20FN3O/c1-4-16(3,5-2)20-15(21)13-7-6-8-18-14(13)19-12-9-11(17)10-12/h1,6-8,11-12H,5,9-10H2,2-3H3,(H,18,19)(H,20,21). The first-order valence-electron chi connectivity index (χ1n) is 7.13. The summed E-state index contributed by atoms with van der Waals surface area (Å²) >= 11 is 0. The van der Waals surface area contributed by atoms with Gasteiger partial charge in [0.1, 0.15) is 12.0 Å². The Labute approximate surface area is 124 Å². The number of amides is 1. The summed E-state index contributed by atoms with van der Waals surface area (Å²) in [5.41, 5.74) is -0.264. The maximum atomic E-state index is 12.9. The van der Waals surface area contributed by atoms with Gasteiger partial charge in [0.15, 0.2) is 0 Å². The van der Waals surface area contributed by atoms with Crippen molar-refractivity contribution >= 4 is 11.7 Å². The maximum absolute atomic E-state index is 12.9. The van der Waals surface area contributed by atoms with Gasteiger partial charge in [0, 0.05) is 12.2 Å². The molecule has 0 aromatic carbocycles. The molecular formula is C16H20FN3O. The van der Waals surface area contributed by atoms with Gasteiger partial charge < -0.3 is 10.6 Å². The molecule has 1 atom stereocenters. The monoisotopic (exact) mass is 289 g/mol. The number of nitrogens with one attached hydrogen (secondary N) is 2. The summed E-state index contributed by atoms with van der Waals surface area (Å²) in [6.07, 6.45) is 7.85. The van der Waals surface area contributed by atoms with Crippen LogP contribution in [0.3, 0.4) is 0 Å². The van der Waals surface area contributed by atoms with E-state index in [-0.39, 0.29) is 11.9 Å². The van der Waals surface area contributed by atoms with E-state index >= 15 is 0 Å². The van der Waals surface area contributed by atoms with E-state index in [9.17, 15) is 9.18 Å². The van der Waals surface area contributed by atoms with E-state index in [0.29, 0.717) is 30.6 Å². The Hall–Kier alpha value is -2.09. The number of terminal acetylenes is 1. The van der Waals surface area contributed by atoms with Crippen molar-refractivity contribution in [3.05, 3.63) is 23.9 Å². The Balaban J connectivity index is 2.12. The summed E-state index contributed by atoms with van der Waals surface area (Å²) in [6.45, 7) is 3.71. The summed E-state index contributed by atoms with van der Waals surface area (Å²) < 4.78 is 12.9. The van der Waals surface area contributed by atoms with Crippen LogP contribution in [0.2, 0.25) is 0 Å². The molecule has 1 unspecified atom stereocenters. The molecule has 0 saturated heterocycles. The van der Waals surface area contributed by atoms with Gasteiger partial charge >= 0.3 is 0 Å². The highest BCUT2D eigenvalue weighted by atomic mass is 19.1. The number of carbonyl (C=O) groups is 1. The predicted octanol–water partition coefficient (Wildman–Crippen LogP) is 2.53. The summed E-state index contributed by atoms with van der Waals surface area (Å²) in [5.74, 6) is 2.80. The van der Waals surface area contributed by atoms with Gasteiger partial charge in [0.25, 0.3) is 5.91 Å². The van der Waals surface area contributed by atoms with Crippen molar-refractivity contribution < 1.29 is 9.18 Å². The van der Waals surface area contributed by atoms with Crippen LogP contribution in [0.5, 0.6) is 0 Å². The number of hydrogen-bond donors (Lipinski definition) is 2. The molecule has 0 bridgehead atoms. The molecule has 2 rings (SSSR count). The average Bonchev–Trinajstić information content (AvgIpc) is 2.46. The molecule has 1 aliphatic carbocycles. The van der Waals surface area contributed by atoms with Gasteiger partial charge in [-0.25, -0.2) is 9.37 Å². The van der Waals surface area contributed by atoms with Crippen LogP contribution in [0.4, 0.5) is 10.2 Å². The summed E-state index contributed by atoms with van der Waals surface area (Å²) in [4.78, 5) is 16.6. The van der Waals surface area contributed by atoms with Crippen LogP contribution in [0, 0.1) is 12.3 Å². The van der Waals surface area contributed by atoms with E-state index in [1.807, 2.05) is 6.92 Å². The van der Waals surface area contributed by atoms with Crippen LogP contribution in [0.1, 0.15) is 43.5 Å². The zero-order chi connectivity index (χ0) is 15.5. The second-order valence-electron chi connectivity index (χ2n) is 5.59. The van der Waals surface area contributed by atoms with E-state index in [0.717, 1.165) is 0 Å². The fraction of sp³-hybridized carbons (Fsp3) is 0.500. The minimum Gasteiger partial charge on any atom is -0.366 e. The maximum Gasteiger partial charge on any atom is 0.256 e. The van der Waals surface area contributed by atoms with Crippen LogP contribution < -0.4 is 10.6 Å². The Morgan fingerprint density at radius 3 is 2.90 bits per heavy atom. The summed E-state index contributed by atoms with van der Waals surface area (Å²) in [5, 5.41) is 5.95. The minimum atomic E-state index is -0.756. The number of pyridine rings is 1. The van der Waals surface area contributed by atoms with Crippen molar-refractivity contribution in [1.29, 1.82) is 0 Å². The lowest BCUT2D eigenvalue weighted by Gasteiger charge is -2.31. The largest absolute Gasteiger partial charge is 0.366 e. The molecule has 4 nitrogen and oxygen atoms in total. The lowest BCUT2D eigenvalue weighted by Crippen LogP contribution is -2.45. The Morgan fingerprint density at radius 2 is 2.33 bits per heavy atom. The molecule has 1 amide bonds. The molecule has 0 spiro atoms. The highest BCUT2D eigenvalue weighted by molar-refractivity contribution is 5.99. The first-order chi connectivity index (χ1) is 9.97. The minimum absolute atomic E-state index is 0.0339. The third-order valence-corrected chi connectivity index (χ3v) is 3.89. The van der Waals surface area contributed by atoms with Crippen LogP contribution in [-0.2, 0) is 0 Å². The smallest absolute Gasteiger partial charge is 0.256 e. The number of rotatable bonds is 5. The highest BCUT2D eigenvalue weighted by Gasteiger charge is 2.30. The summed E-state index contributed by atoms with van der Waals surface area (Å²) in [6, 6.07) is 3.41. The zero-order valence-corrected chi connectivity index (χ0v) is 12.3. The Bertz CT molecular complexity index is 563. The van der Waals surface area contributed by atoms with Crippen molar-refractivity contribution in [1.82, 2.24) is 10.3 Å². The van der Waals surface area contributed by atoms with Crippen molar-refractivity contribution in [2.75, 3.05) is 5.32 Å². The van der Waals surface area contributed by atoms with Gasteiger partial charge in [-0.05, 0) is 38.3 Å². The van der Waals surface area contributed by atoms with Crippen molar-refractivity contribution in [2.24, 2.45) is 0 Å². The van der Waals surface area contributed by atoms with Crippen LogP contribution in [-0.4, -0.2) is 28.6 Å². The Morgan fingerprint density at radius 1 is 1.62 bits per heavy atom. The lowest BCUT2D eigenvalue weighted by atomic mass is 9.90. The number of halogens is 1. The van der Waals surface area contributed by atoms with E-state index in [1.165, 1.54) is 0 Å². The second kappa shape index (κ2) is 6.13. The van der Waals surface area contributed by atoms with Crippen LogP contribution in [0.15, 0.2) is 18.3 Å². The van der Waals surface area contributed by atoms with E-state index in [2.05, 4.69) is 21.5 Å². The normalized spacial score (nSPS) is 23.3. The van der Waals surface area contributed by atoms with E-state index in [1.54, 1.807) is 25.3 Å². The number of carbonyl (C=O) groups excluding carboxylic acids is 1. The molecular weight excluding hydrogens is 269 g/mol. The fourth-order valence-electron chi connectivity index (χ4n) is 2.11. The number of nitrogens with zero attached hydrogens (tertiary/aromatic N) is 1. The predicted molar refractivity (Wildman–Crippen MR) is 80.8 cm³/mol. The molecule has 1 aliphatic rings. The zero-order valence-electron chi connectivity index (χ0n) is 12.3.